The summed E-state index contributed by atoms with van der Waals surface area (Å²) in [4.78, 5) is 17.3. The van der Waals surface area contributed by atoms with Crippen molar-refractivity contribution >= 4 is 40.0 Å². The van der Waals surface area contributed by atoms with Crippen LogP contribution in [0.5, 0.6) is 0 Å². The molecule has 0 N–H and O–H groups in total. The summed E-state index contributed by atoms with van der Waals surface area (Å²) in [5.41, 5.74) is 2.38. The Bertz CT molecular complexity index is 987. The molecule has 3 aromatic rings. The smallest absolute Gasteiger partial charge is 0.261 e. The van der Waals surface area contributed by atoms with Gasteiger partial charge in [-0.1, -0.05) is 54.6 Å². The minimum Gasteiger partial charge on any atom is -0.271 e. The summed E-state index contributed by atoms with van der Waals surface area (Å²) < 4.78 is 0. The highest BCUT2D eigenvalue weighted by Gasteiger charge is 2.33. The second-order valence-electron chi connectivity index (χ2n) is 5.98. The van der Waals surface area contributed by atoms with E-state index in [1.54, 1.807) is 6.21 Å². The van der Waals surface area contributed by atoms with Crippen molar-refractivity contribution in [3.05, 3.63) is 72.8 Å². The molecule has 0 aromatic heterocycles. The molecule has 0 radical (unpaired) electrons. The third kappa shape index (κ3) is 2.83. The predicted molar refractivity (Wildman–Crippen MR) is 103 cm³/mol. The van der Waals surface area contributed by atoms with Gasteiger partial charge < -0.3 is 0 Å². The van der Waals surface area contributed by atoms with E-state index in [0.717, 1.165) is 27.9 Å². The van der Waals surface area contributed by atoms with Gasteiger partial charge in [0.25, 0.3) is 5.91 Å². The quantitative estimate of drug-likeness (QED) is 0.649. The summed E-state index contributed by atoms with van der Waals surface area (Å²) in [6.07, 6.45) is 1.70. The van der Waals surface area contributed by atoms with Gasteiger partial charge in [-0.15, -0.1) is 0 Å². The number of aliphatic imine (C=N–C) groups is 1. The van der Waals surface area contributed by atoms with E-state index in [0.29, 0.717) is 0 Å². The van der Waals surface area contributed by atoms with E-state index in [1.807, 2.05) is 67.6 Å². The topological polar surface area (TPSA) is 45.0 Å². The number of nitrogens with zero attached hydrogens (tertiary/aromatic N) is 3. The fraction of sp³-hybridized carbons (Fsp3) is 0.0952. The summed E-state index contributed by atoms with van der Waals surface area (Å²) in [5, 5.41) is 8.06. The number of carbonyl (C=O) groups is 1. The minimum absolute atomic E-state index is 0.0762. The number of hydrogen-bond donors (Lipinski definition) is 0. The van der Waals surface area contributed by atoms with Crippen molar-refractivity contribution in [3.8, 4) is 0 Å². The molecule has 0 unspecified atom stereocenters. The molecule has 0 saturated heterocycles. The van der Waals surface area contributed by atoms with E-state index in [4.69, 9.17) is 0 Å². The zero-order valence-corrected chi connectivity index (χ0v) is 13.8. The number of para-hydroxylation sites is 1. The Balaban J connectivity index is 1.64. The van der Waals surface area contributed by atoms with Gasteiger partial charge in [0.15, 0.2) is 0 Å². The lowest BCUT2D eigenvalue weighted by Gasteiger charge is -2.12. The highest BCUT2D eigenvalue weighted by atomic mass is 16.2. The summed E-state index contributed by atoms with van der Waals surface area (Å²) in [6, 6.07) is 23.5. The molecule has 1 aliphatic rings. The summed E-state index contributed by atoms with van der Waals surface area (Å²) in [5.74, 6) is -0.508. The lowest BCUT2D eigenvalue weighted by Crippen LogP contribution is -2.27. The van der Waals surface area contributed by atoms with Gasteiger partial charge in [-0.05, 0) is 30.5 Å². The normalized spacial score (nSPS) is 17.5. The van der Waals surface area contributed by atoms with Crippen molar-refractivity contribution in [1.82, 2.24) is 0 Å². The maximum absolute atomic E-state index is 12.7. The Morgan fingerprint density at radius 2 is 1.68 bits per heavy atom. The SMILES string of the molecule is CC1=NN(c2ccccc2)C(=O)[C@H]1C=Nc1cccc2ccccc12. The molecule has 25 heavy (non-hydrogen) atoms. The lowest BCUT2D eigenvalue weighted by molar-refractivity contribution is -0.118. The number of anilines is 1. The highest BCUT2D eigenvalue weighted by molar-refractivity contribution is 6.23. The minimum atomic E-state index is -0.431. The first-order chi connectivity index (χ1) is 12.2. The average Bonchev–Trinajstić information content (AvgIpc) is 2.94. The predicted octanol–water partition coefficient (Wildman–Crippen LogP) is 4.58. The molecular formula is C21H17N3O. The molecule has 4 rings (SSSR count). The molecular weight excluding hydrogens is 310 g/mol. The van der Waals surface area contributed by atoms with E-state index < -0.39 is 5.92 Å². The van der Waals surface area contributed by atoms with Crippen LogP contribution in [0.2, 0.25) is 0 Å². The van der Waals surface area contributed by atoms with Gasteiger partial charge in [-0.25, -0.2) is 0 Å². The Hall–Kier alpha value is -3.27. The second kappa shape index (κ2) is 6.32. The molecule has 4 heteroatoms. The molecule has 1 atom stereocenters. The number of hydrazone groups is 1. The van der Waals surface area contributed by atoms with Crippen LogP contribution < -0.4 is 5.01 Å². The van der Waals surface area contributed by atoms with Crippen molar-refractivity contribution in [2.75, 3.05) is 5.01 Å². The van der Waals surface area contributed by atoms with E-state index >= 15 is 0 Å². The van der Waals surface area contributed by atoms with Crippen LogP contribution in [0.4, 0.5) is 11.4 Å². The molecule has 4 nitrogen and oxygen atoms in total. The van der Waals surface area contributed by atoms with Gasteiger partial charge in [0.05, 0.1) is 17.1 Å². The first-order valence-corrected chi connectivity index (χ1v) is 8.20. The Kier molecular flexibility index (Phi) is 3.86. The molecule has 1 aliphatic heterocycles. The van der Waals surface area contributed by atoms with Crippen LogP contribution >= 0.6 is 0 Å². The van der Waals surface area contributed by atoms with Gasteiger partial charge in [0.2, 0.25) is 0 Å². The highest BCUT2D eigenvalue weighted by Crippen LogP contribution is 2.27. The van der Waals surface area contributed by atoms with E-state index in [1.165, 1.54) is 5.01 Å². The maximum atomic E-state index is 12.7. The van der Waals surface area contributed by atoms with Crippen LogP contribution in [0, 0.1) is 5.92 Å². The number of benzene rings is 3. The van der Waals surface area contributed by atoms with Crippen molar-refractivity contribution in [3.63, 3.8) is 0 Å². The van der Waals surface area contributed by atoms with Crippen molar-refractivity contribution in [2.45, 2.75) is 6.92 Å². The third-order valence-corrected chi connectivity index (χ3v) is 4.31. The van der Waals surface area contributed by atoms with Crippen molar-refractivity contribution in [1.29, 1.82) is 0 Å². The van der Waals surface area contributed by atoms with Crippen molar-refractivity contribution < 1.29 is 4.79 Å². The van der Waals surface area contributed by atoms with Gasteiger partial charge in [-0.2, -0.15) is 10.1 Å². The number of rotatable bonds is 3. The second-order valence-corrected chi connectivity index (χ2v) is 5.98. The fourth-order valence-corrected chi connectivity index (χ4v) is 2.98. The standard InChI is InChI=1S/C21H17N3O/c1-15-19(21(25)24(23-15)17-10-3-2-4-11-17)14-22-20-13-7-9-16-8-5-6-12-18(16)20/h2-14,19H,1H3/t19-/m0/s1. The van der Waals surface area contributed by atoms with Gasteiger partial charge in [0.1, 0.15) is 5.92 Å². The van der Waals surface area contributed by atoms with Crippen LogP contribution in [0.3, 0.4) is 0 Å². The Morgan fingerprint density at radius 3 is 2.52 bits per heavy atom. The average molecular weight is 327 g/mol. The Morgan fingerprint density at radius 1 is 0.960 bits per heavy atom. The molecule has 0 bridgehead atoms. The molecule has 0 spiro atoms. The number of hydrogen-bond acceptors (Lipinski definition) is 3. The lowest BCUT2D eigenvalue weighted by atomic mass is 10.1. The summed E-state index contributed by atoms with van der Waals surface area (Å²) in [6.45, 7) is 1.86. The number of amides is 1. The molecule has 122 valence electrons. The van der Waals surface area contributed by atoms with E-state index in [-0.39, 0.29) is 5.91 Å². The van der Waals surface area contributed by atoms with E-state index in [2.05, 4.69) is 22.2 Å². The van der Waals surface area contributed by atoms with Gasteiger partial charge >= 0.3 is 0 Å². The zero-order valence-electron chi connectivity index (χ0n) is 13.8. The van der Waals surface area contributed by atoms with Crippen LogP contribution in [-0.2, 0) is 4.79 Å². The Labute approximate surface area is 146 Å². The fourth-order valence-electron chi connectivity index (χ4n) is 2.98. The van der Waals surface area contributed by atoms with Crippen LogP contribution in [0.1, 0.15) is 6.92 Å². The zero-order chi connectivity index (χ0) is 17.2. The van der Waals surface area contributed by atoms with Crippen LogP contribution in [0.15, 0.2) is 82.9 Å². The molecule has 3 aromatic carbocycles. The third-order valence-electron chi connectivity index (χ3n) is 4.31. The molecule has 1 heterocycles. The van der Waals surface area contributed by atoms with Crippen LogP contribution in [0.25, 0.3) is 10.8 Å². The monoisotopic (exact) mass is 327 g/mol. The van der Waals surface area contributed by atoms with Gasteiger partial charge in [-0.3, -0.25) is 9.79 Å². The first-order valence-electron chi connectivity index (χ1n) is 8.20. The van der Waals surface area contributed by atoms with Crippen LogP contribution in [-0.4, -0.2) is 17.8 Å². The first kappa shape index (κ1) is 15.3. The van der Waals surface area contributed by atoms with Gasteiger partial charge in [0, 0.05) is 11.6 Å². The molecule has 0 aliphatic carbocycles. The molecule has 0 fully saturated rings. The largest absolute Gasteiger partial charge is 0.271 e. The number of fused-ring (bicyclic) bond motifs is 1. The molecule has 0 saturated carbocycles. The summed E-state index contributed by atoms with van der Waals surface area (Å²) in [7, 11) is 0. The summed E-state index contributed by atoms with van der Waals surface area (Å²) >= 11 is 0. The molecule has 1 amide bonds. The van der Waals surface area contributed by atoms with E-state index in [9.17, 15) is 4.79 Å². The number of carbonyl (C=O) groups excluding carboxylic acids is 1. The van der Waals surface area contributed by atoms with Crippen molar-refractivity contribution in [2.24, 2.45) is 16.0 Å². The maximum Gasteiger partial charge on any atom is 0.261 e.